The zero-order valence-corrected chi connectivity index (χ0v) is 27.4. The van der Waals surface area contributed by atoms with Crippen LogP contribution in [0.4, 0.5) is 0 Å². The van der Waals surface area contributed by atoms with Crippen LogP contribution in [-0.4, -0.2) is 125 Å². The zero-order chi connectivity index (χ0) is 33.1. The second-order valence-electron chi connectivity index (χ2n) is 13.6. The number of hydrogen-bond acceptors (Lipinski definition) is 10. The summed E-state index contributed by atoms with van der Waals surface area (Å²) < 4.78 is 17.7. The van der Waals surface area contributed by atoms with Crippen molar-refractivity contribution >= 4 is 17.7 Å². The summed E-state index contributed by atoms with van der Waals surface area (Å²) in [6.07, 6.45) is 7.89. The van der Waals surface area contributed by atoms with E-state index in [9.17, 15) is 34.8 Å². The summed E-state index contributed by atoms with van der Waals surface area (Å²) in [5, 5.41) is 45.1. The topological polar surface area (TPSA) is 187 Å². The van der Waals surface area contributed by atoms with E-state index in [1.54, 1.807) is 0 Å². The Bertz CT molecular complexity index is 968. The van der Waals surface area contributed by atoms with Gasteiger partial charge in [0.15, 0.2) is 6.29 Å². The van der Waals surface area contributed by atoms with E-state index in [0.29, 0.717) is 57.2 Å². The third-order valence-electron chi connectivity index (χ3n) is 10.3. The largest absolute Gasteiger partial charge is 0.394 e. The fraction of sp³-hybridized carbons (Fsp3) is 0.909. The van der Waals surface area contributed by atoms with E-state index in [1.165, 1.54) is 32.6 Å². The molecule has 2 saturated heterocycles. The predicted molar refractivity (Wildman–Crippen MR) is 167 cm³/mol. The first-order valence-corrected chi connectivity index (χ1v) is 17.6. The smallest absolute Gasteiger partial charge is 0.222 e. The molecular formula is C33H57N3O10. The number of nitrogens with one attached hydrogen (secondary N) is 2. The molecule has 7 unspecified atom stereocenters. The quantitative estimate of drug-likeness (QED) is 0.108. The molecule has 9 atom stereocenters. The highest BCUT2D eigenvalue weighted by atomic mass is 16.7. The number of aliphatic hydroxyl groups excluding tert-OH is 4. The Morgan fingerprint density at radius 1 is 0.913 bits per heavy atom. The highest BCUT2D eigenvalue weighted by molar-refractivity contribution is 5.77. The van der Waals surface area contributed by atoms with Gasteiger partial charge in [-0.25, -0.2) is 0 Å². The Balaban J connectivity index is 1.01. The molecule has 4 fully saturated rings. The number of hydrogen-bond donors (Lipinski definition) is 6. The molecule has 4 aliphatic rings. The van der Waals surface area contributed by atoms with Crippen LogP contribution in [0.2, 0.25) is 0 Å². The molecule has 46 heavy (non-hydrogen) atoms. The predicted octanol–water partition coefficient (Wildman–Crippen LogP) is 0.741. The van der Waals surface area contributed by atoms with Gasteiger partial charge >= 0.3 is 0 Å². The fourth-order valence-corrected chi connectivity index (χ4v) is 7.18. The van der Waals surface area contributed by atoms with Crippen molar-refractivity contribution in [2.45, 2.75) is 146 Å². The molecule has 4 rings (SSSR count). The zero-order valence-electron chi connectivity index (χ0n) is 27.4. The summed E-state index contributed by atoms with van der Waals surface area (Å²) in [6.45, 7) is 2.14. The van der Waals surface area contributed by atoms with E-state index < -0.39 is 43.2 Å². The lowest BCUT2D eigenvalue weighted by molar-refractivity contribution is -0.270. The maximum absolute atomic E-state index is 12.9. The third-order valence-corrected chi connectivity index (χ3v) is 10.3. The molecule has 0 spiro atoms. The summed E-state index contributed by atoms with van der Waals surface area (Å²) in [6, 6.07) is -1.13. The molecule has 13 nitrogen and oxygen atoms in total. The lowest BCUT2D eigenvalue weighted by Crippen LogP contribution is -2.64. The Labute approximate surface area is 272 Å². The Morgan fingerprint density at radius 3 is 2.33 bits per heavy atom. The molecule has 0 radical (unpaired) electrons. The van der Waals surface area contributed by atoms with Crippen LogP contribution in [-0.2, 0) is 28.6 Å². The molecular weight excluding hydrogens is 598 g/mol. The number of nitrogens with zero attached hydrogens (tertiary/aromatic N) is 1. The minimum absolute atomic E-state index is 0.0219. The van der Waals surface area contributed by atoms with Crippen molar-refractivity contribution in [1.29, 1.82) is 0 Å². The van der Waals surface area contributed by atoms with Crippen molar-refractivity contribution in [3.8, 4) is 0 Å². The summed E-state index contributed by atoms with van der Waals surface area (Å²) in [5.41, 5.74) is 0. The number of ether oxygens (including phenoxy) is 3. The van der Waals surface area contributed by atoms with E-state index in [2.05, 4.69) is 10.6 Å². The molecule has 0 aromatic carbocycles. The normalized spacial score (nSPS) is 32.9. The van der Waals surface area contributed by atoms with Crippen LogP contribution in [0, 0.1) is 11.8 Å². The average molecular weight is 656 g/mol. The van der Waals surface area contributed by atoms with Gasteiger partial charge in [0.25, 0.3) is 0 Å². The van der Waals surface area contributed by atoms with Gasteiger partial charge in [0, 0.05) is 39.5 Å². The van der Waals surface area contributed by atoms with E-state index >= 15 is 0 Å². The van der Waals surface area contributed by atoms with Crippen LogP contribution < -0.4 is 10.6 Å². The number of amides is 3. The van der Waals surface area contributed by atoms with Gasteiger partial charge in [-0.1, -0.05) is 32.1 Å². The Hall–Kier alpha value is -1.87. The highest BCUT2D eigenvalue weighted by Gasteiger charge is 2.46. The molecule has 2 heterocycles. The second kappa shape index (κ2) is 18.6. The monoisotopic (exact) mass is 655 g/mol. The Morgan fingerprint density at radius 2 is 1.67 bits per heavy atom. The first-order chi connectivity index (χ1) is 22.2. The van der Waals surface area contributed by atoms with Crippen molar-refractivity contribution < 1.29 is 49.0 Å². The van der Waals surface area contributed by atoms with Gasteiger partial charge in [-0.15, -0.1) is 0 Å². The molecule has 0 aromatic rings. The van der Waals surface area contributed by atoms with Crippen LogP contribution >= 0.6 is 0 Å². The Kier molecular flexibility index (Phi) is 15.0. The maximum Gasteiger partial charge on any atom is 0.222 e. The number of aliphatic hydroxyl groups is 4. The van der Waals surface area contributed by atoms with Gasteiger partial charge in [0.1, 0.15) is 24.4 Å². The highest BCUT2D eigenvalue weighted by Crippen LogP contribution is 2.46. The van der Waals surface area contributed by atoms with Gasteiger partial charge in [-0.2, -0.15) is 0 Å². The van der Waals surface area contributed by atoms with Crippen LogP contribution in [0.1, 0.15) is 96.8 Å². The molecule has 3 amide bonds. The number of carbonyl (C=O) groups excluding carboxylic acids is 3. The lowest BCUT2D eigenvalue weighted by atomic mass is 9.65. The number of likely N-dealkylation sites (tertiary alicyclic amines) is 1. The van der Waals surface area contributed by atoms with Gasteiger partial charge in [0.2, 0.25) is 17.7 Å². The van der Waals surface area contributed by atoms with E-state index in [0.717, 1.165) is 38.0 Å². The minimum atomic E-state index is -1.36. The number of rotatable bonds is 19. The molecule has 2 aliphatic carbocycles. The third kappa shape index (κ3) is 10.3. The standard InChI is InChI=1S/C33H57N3O10/c1-21(39)35-30-32(43)31(42)27(20-38)46-33(30)44-16-7-3-4-11-28(40)34-15-6-2-5-12-29(41)36-18-24(17-23(36)19-37)45-26-14-13-25(26)22-9-8-10-22/h22-27,30-33,37-38,42-43H,2-20H2,1H3,(H,34,40)(H,35,39)/t23-,24+,25?,26?,27?,30?,31?,32?,33?/m0/s1. The van der Waals surface area contributed by atoms with E-state index in [-0.39, 0.29) is 37.2 Å². The average Bonchev–Trinajstić information content (AvgIpc) is 3.42. The van der Waals surface area contributed by atoms with E-state index in [1.807, 2.05) is 4.90 Å². The van der Waals surface area contributed by atoms with Crippen LogP contribution in [0.3, 0.4) is 0 Å². The summed E-state index contributed by atoms with van der Waals surface area (Å²) in [4.78, 5) is 38.5. The fourth-order valence-electron chi connectivity index (χ4n) is 7.18. The first-order valence-electron chi connectivity index (χ1n) is 17.6. The number of unbranched alkanes of at least 4 members (excludes halogenated alkanes) is 4. The second-order valence-corrected chi connectivity index (χ2v) is 13.6. The van der Waals surface area contributed by atoms with Crippen molar-refractivity contribution in [2.24, 2.45) is 11.8 Å². The molecule has 0 bridgehead atoms. The van der Waals surface area contributed by atoms with Crippen molar-refractivity contribution in [1.82, 2.24) is 15.5 Å². The summed E-state index contributed by atoms with van der Waals surface area (Å²) in [7, 11) is 0. The van der Waals surface area contributed by atoms with Gasteiger partial charge in [-0.3, -0.25) is 14.4 Å². The van der Waals surface area contributed by atoms with E-state index in [4.69, 9.17) is 14.2 Å². The molecule has 0 aromatic heterocycles. The molecule has 13 heteroatoms. The maximum atomic E-state index is 12.9. The lowest BCUT2D eigenvalue weighted by Gasteiger charge is -2.46. The molecule has 2 saturated carbocycles. The summed E-state index contributed by atoms with van der Waals surface area (Å²) >= 11 is 0. The van der Waals surface area contributed by atoms with Crippen LogP contribution in [0.25, 0.3) is 0 Å². The van der Waals surface area contributed by atoms with Crippen molar-refractivity contribution in [3.05, 3.63) is 0 Å². The minimum Gasteiger partial charge on any atom is -0.394 e. The van der Waals surface area contributed by atoms with Gasteiger partial charge in [0.05, 0.1) is 31.5 Å². The molecule has 2 aliphatic heterocycles. The number of carbonyl (C=O) groups is 3. The van der Waals surface area contributed by atoms with Gasteiger partial charge < -0.3 is 50.2 Å². The van der Waals surface area contributed by atoms with Crippen LogP contribution in [0.5, 0.6) is 0 Å². The van der Waals surface area contributed by atoms with Crippen LogP contribution in [0.15, 0.2) is 0 Å². The summed E-state index contributed by atoms with van der Waals surface area (Å²) in [5.74, 6) is 1.15. The van der Waals surface area contributed by atoms with Gasteiger partial charge in [-0.05, 0) is 56.8 Å². The molecule has 264 valence electrons. The molecule has 6 N–H and O–H groups in total. The van der Waals surface area contributed by atoms with Crippen molar-refractivity contribution in [3.63, 3.8) is 0 Å². The van der Waals surface area contributed by atoms with Crippen molar-refractivity contribution in [2.75, 3.05) is 32.9 Å². The SMILES string of the molecule is CC(=O)NC1C(OCCCCCC(=O)NCCCCCC(=O)N2C[C@H](OC3CCC3C3CCC3)C[C@H]2CO)OC(CO)C(O)C1O. The first kappa shape index (κ1) is 37.0.